The first-order chi connectivity index (χ1) is 9.79. The first-order valence-corrected chi connectivity index (χ1v) is 7.21. The average molecular weight is 292 g/mol. The Bertz CT molecular complexity index is 602. The van der Waals surface area contributed by atoms with Crippen LogP contribution in [-0.2, 0) is 0 Å². The molecular weight excluding hydrogens is 276 g/mol. The smallest absolute Gasteiger partial charge is 0.161 e. The van der Waals surface area contributed by atoms with E-state index >= 15 is 0 Å². The van der Waals surface area contributed by atoms with Crippen molar-refractivity contribution in [3.8, 4) is 11.5 Å². The molecule has 6 nitrogen and oxygen atoms in total. The summed E-state index contributed by atoms with van der Waals surface area (Å²) in [5.74, 6) is 7.24. The molecule has 0 spiro atoms. The fraction of sp³-hybridized carbons (Fsp3) is 0.385. The molecule has 0 saturated carbocycles. The van der Waals surface area contributed by atoms with E-state index in [-0.39, 0.29) is 6.04 Å². The Morgan fingerprint density at radius 1 is 1.30 bits per heavy atom. The van der Waals surface area contributed by atoms with E-state index in [0.29, 0.717) is 13.2 Å². The summed E-state index contributed by atoms with van der Waals surface area (Å²) >= 11 is 1.34. The van der Waals surface area contributed by atoms with Crippen molar-refractivity contribution in [3.05, 3.63) is 34.3 Å². The number of nitrogens with one attached hydrogen (secondary N) is 1. The molecule has 2 aromatic rings. The summed E-state index contributed by atoms with van der Waals surface area (Å²) in [5, 5.41) is 4.03. The number of hydrogen-bond donors (Lipinski definition) is 2. The Labute approximate surface area is 121 Å². The molecule has 0 bridgehead atoms. The lowest BCUT2D eigenvalue weighted by atomic mass is 10.0. The number of fused-ring (bicyclic) bond motifs is 1. The van der Waals surface area contributed by atoms with Crippen LogP contribution in [0.3, 0.4) is 0 Å². The van der Waals surface area contributed by atoms with Crippen molar-refractivity contribution in [1.29, 1.82) is 0 Å². The molecule has 7 heteroatoms. The van der Waals surface area contributed by atoms with E-state index in [0.717, 1.165) is 34.1 Å². The molecule has 3 rings (SSSR count). The van der Waals surface area contributed by atoms with Gasteiger partial charge in [0, 0.05) is 6.42 Å². The van der Waals surface area contributed by atoms with Crippen LogP contribution in [0, 0.1) is 6.92 Å². The van der Waals surface area contributed by atoms with Gasteiger partial charge in [-0.1, -0.05) is 10.6 Å². The summed E-state index contributed by atoms with van der Waals surface area (Å²) in [6, 6.07) is 5.72. The molecule has 2 heterocycles. The molecule has 3 N–H and O–H groups in total. The topological polar surface area (TPSA) is 82.3 Å². The third kappa shape index (κ3) is 2.47. The van der Waals surface area contributed by atoms with Gasteiger partial charge in [0.2, 0.25) is 0 Å². The van der Waals surface area contributed by atoms with Crippen LogP contribution in [0.15, 0.2) is 18.2 Å². The zero-order chi connectivity index (χ0) is 13.9. The predicted molar refractivity (Wildman–Crippen MR) is 75.9 cm³/mol. The molecule has 1 aliphatic rings. The van der Waals surface area contributed by atoms with E-state index in [1.54, 1.807) is 0 Å². The number of hydrogen-bond acceptors (Lipinski definition) is 7. The van der Waals surface area contributed by atoms with E-state index in [1.165, 1.54) is 11.5 Å². The third-order valence-corrected chi connectivity index (χ3v) is 4.11. The quantitative estimate of drug-likeness (QED) is 0.660. The fourth-order valence-corrected chi connectivity index (χ4v) is 2.92. The zero-order valence-corrected chi connectivity index (χ0v) is 11.9. The third-order valence-electron chi connectivity index (χ3n) is 3.22. The van der Waals surface area contributed by atoms with Gasteiger partial charge in [-0.3, -0.25) is 5.84 Å². The van der Waals surface area contributed by atoms with Crippen LogP contribution in [-0.4, -0.2) is 22.8 Å². The van der Waals surface area contributed by atoms with E-state index in [9.17, 15) is 0 Å². The van der Waals surface area contributed by atoms with Crippen LogP contribution < -0.4 is 20.7 Å². The van der Waals surface area contributed by atoms with Crippen molar-refractivity contribution in [1.82, 2.24) is 15.0 Å². The maximum Gasteiger partial charge on any atom is 0.161 e. The normalized spacial score (nSPS) is 15.7. The minimum absolute atomic E-state index is 0.146. The monoisotopic (exact) mass is 292 g/mol. The summed E-state index contributed by atoms with van der Waals surface area (Å²) in [4.78, 5) is 1.00. The number of benzene rings is 1. The lowest BCUT2D eigenvalue weighted by Gasteiger charge is -2.16. The lowest BCUT2D eigenvalue weighted by Crippen LogP contribution is -2.28. The van der Waals surface area contributed by atoms with Gasteiger partial charge in [-0.05, 0) is 36.2 Å². The van der Waals surface area contributed by atoms with Crippen molar-refractivity contribution >= 4 is 11.5 Å². The van der Waals surface area contributed by atoms with Crippen LogP contribution in [0.2, 0.25) is 0 Å². The van der Waals surface area contributed by atoms with Crippen molar-refractivity contribution in [3.63, 3.8) is 0 Å². The first kappa shape index (κ1) is 13.3. The molecule has 1 aromatic heterocycles. The number of aromatic nitrogens is 2. The van der Waals surface area contributed by atoms with E-state index < -0.39 is 0 Å². The van der Waals surface area contributed by atoms with Crippen molar-refractivity contribution in [2.75, 3.05) is 13.2 Å². The molecule has 106 valence electrons. The van der Waals surface area contributed by atoms with Gasteiger partial charge in [0.05, 0.1) is 29.8 Å². The summed E-state index contributed by atoms with van der Waals surface area (Å²) in [5.41, 5.74) is 4.70. The highest BCUT2D eigenvalue weighted by Gasteiger charge is 2.20. The molecule has 1 aromatic carbocycles. The van der Waals surface area contributed by atoms with Gasteiger partial charge in [0.1, 0.15) is 0 Å². The summed E-state index contributed by atoms with van der Waals surface area (Å²) in [6.45, 7) is 3.27. The SMILES string of the molecule is Cc1nnsc1C(NN)c1ccc2c(c1)OCCCO2. The summed E-state index contributed by atoms with van der Waals surface area (Å²) in [6.07, 6.45) is 0.889. The molecule has 1 unspecified atom stereocenters. The van der Waals surface area contributed by atoms with Crippen molar-refractivity contribution in [2.24, 2.45) is 5.84 Å². The fourth-order valence-electron chi connectivity index (χ4n) is 2.19. The van der Waals surface area contributed by atoms with Gasteiger partial charge in [-0.15, -0.1) is 5.10 Å². The lowest BCUT2D eigenvalue weighted by molar-refractivity contribution is 0.297. The van der Waals surface area contributed by atoms with Gasteiger partial charge in [-0.2, -0.15) is 0 Å². The second-order valence-electron chi connectivity index (χ2n) is 4.58. The molecule has 0 aliphatic carbocycles. The van der Waals surface area contributed by atoms with E-state index in [1.807, 2.05) is 25.1 Å². The summed E-state index contributed by atoms with van der Waals surface area (Å²) in [7, 11) is 0. The predicted octanol–water partition coefficient (Wildman–Crippen LogP) is 1.56. The maximum atomic E-state index is 5.71. The molecule has 0 fully saturated rings. The Morgan fingerprint density at radius 3 is 2.80 bits per heavy atom. The number of ether oxygens (including phenoxy) is 2. The Morgan fingerprint density at radius 2 is 2.10 bits per heavy atom. The van der Waals surface area contributed by atoms with Crippen LogP contribution in [0.4, 0.5) is 0 Å². The van der Waals surface area contributed by atoms with Crippen LogP contribution in [0.5, 0.6) is 11.5 Å². The number of rotatable bonds is 3. The molecule has 20 heavy (non-hydrogen) atoms. The standard InChI is InChI=1S/C13H16N4O2S/c1-8-13(20-17-16-8)12(15-14)9-3-4-10-11(7-9)19-6-2-5-18-10/h3-4,7,12,15H,2,5-6,14H2,1H3. The minimum Gasteiger partial charge on any atom is -0.490 e. The second kappa shape index (κ2) is 5.74. The highest BCUT2D eigenvalue weighted by Crippen LogP contribution is 2.34. The van der Waals surface area contributed by atoms with Crippen LogP contribution >= 0.6 is 11.5 Å². The van der Waals surface area contributed by atoms with Crippen LogP contribution in [0.1, 0.15) is 28.6 Å². The maximum absolute atomic E-state index is 5.71. The Hall–Kier alpha value is -1.70. The van der Waals surface area contributed by atoms with Gasteiger partial charge in [0.15, 0.2) is 11.5 Å². The van der Waals surface area contributed by atoms with Gasteiger partial charge >= 0.3 is 0 Å². The number of hydrazine groups is 1. The molecule has 0 saturated heterocycles. The number of nitrogens with two attached hydrogens (primary N) is 1. The Kier molecular flexibility index (Phi) is 3.81. The Balaban J connectivity index is 1.96. The largest absolute Gasteiger partial charge is 0.490 e. The molecular formula is C13H16N4O2S. The van der Waals surface area contributed by atoms with Gasteiger partial charge in [-0.25, -0.2) is 5.43 Å². The molecule has 0 amide bonds. The van der Waals surface area contributed by atoms with Crippen molar-refractivity contribution < 1.29 is 9.47 Å². The molecule has 1 aliphatic heterocycles. The van der Waals surface area contributed by atoms with E-state index in [4.69, 9.17) is 15.3 Å². The summed E-state index contributed by atoms with van der Waals surface area (Å²) < 4.78 is 15.3. The minimum atomic E-state index is -0.146. The van der Waals surface area contributed by atoms with E-state index in [2.05, 4.69) is 15.0 Å². The first-order valence-electron chi connectivity index (χ1n) is 6.44. The molecule has 0 radical (unpaired) electrons. The number of aryl methyl sites for hydroxylation is 1. The van der Waals surface area contributed by atoms with Gasteiger partial charge in [0.25, 0.3) is 0 Å². The average Bonchev–Trinajstić information content (AvgIpc) is 2.75. The van der Waals surface area contributed by atoms with Gasteiger partial charge < -0.3 is 9.47 Å². The number of nitrogens with zero attached hydrogens (tertiary/aromatic N) is 2. The molecule has 1 atom stereocenters. The highest BCUT2D eigenvalue weighted by atomic mass is 32.1. The zero-order valence-electron chi connectivity index (χ0n) is 11.1. The highest BCUT2D eigenvalue weighted by molar-refractivity contribution is 7.05. The van der Waals surface area contributed by atoms with Crippen molar-refractivity contribution in [2.45, 2.75) is 19.4 Å². The van der Waals surface area contributed by atoms with Crippen LogP contribution in [0.25, 0.3) is 0 Å². The second-order valence-corrected chi connectivity index (χ2v) is 5.36.